The predicted molar refractivity (Wildman–Crippen MR) is 226 cm³/mol. The minimum absolute atomic E-state index is 0.850. The lowest BCUT2D eigenvalue weighted by Crippen LogP contribution is -1.78. The van der Waals surface area contributed by atoms with Gasteiger partial charge in [0.15, 0.2) is 0 Å². The van der Waals surface area contributed by atoms with Crippen molar-refractivity contribution in [1.82, 2.24) is 0 Å². The maximum atomic E-state index is 6.37. The molecule has 8 heterocycles. The Morgan fingerprint density at radius 1 is 0.396 bits per heavy atom. The SMILES string of the molecule is CCc1cc(-c2ccc(-c3ccc(-c4sc(Cl)cc4C)s3)s2)sc1-c1cc(CC)c(-c2ccc(-c3ccc(-c4cc(C)c(Cl)s4)s3)s2)s1. The molecule has 8 aromatic heterocycles. The summed E-state index contributed by atoms with van der Waals surface area (Å²) in [4.78, 5) is 18.6. The Bertz CT molecular complexity index is 2370. The van der Waals surface area contributed by atoms with Crippen LogP contribution in [0, 0.1) is 13.8 Å². The summed E-state index contributed by atoms with van der Waals surface area (Å²) in [6.07, 6.45) is 2.04. The normalized spacial score (nSPS) is 11.7. The Balaban J connectivity index is 1.06. The third-order valence-corrected chi connectivity index (χ3v) is 19.1. The van der Waals surface area contributed by atoms with Crippen LogP contribution in [0.5, 0.6) is 0 Å². The Morgan fingerprint density at radius 3 is 1.29 bits per heavy atom. The first-order valence-corrected chi connectivity index (χ1v) is 22.8. The number of halogens is 2. The minimum atomic E-state index is 0.850. The second kappa shape index (κ2) is 13.7. The van der Waals surface area contributed by atoms with Gasteiger partial charge in [0.05, 0.1) is 8.67 Å². The molecule has 0 bridgehead atoms. The van der Waals surface area contributed by atoms with Crippen molar-refractivity contribution in [2.75, 3.05) is 0 Å². The van der Waals surface area contributed by atoms with Gasteiger partial charge >= 0.3 is 0 Å². The molecule has 0 aliphatic rings. The molecule has 0 radical (unpaired) electrons. The van der Waals surface area contributed by atoms with Gasteiger partial charge in [-0.1, -0.05) is 37.0 Å². The van der Waals surface area contributed by atoms with Gasteiger partial charge in [0, 0.05) is 68.3 Å². The van der Waals surface area contributed by atoms with Crippen molar-refractivity contribution in [1.29, 1.82) is 0 Å². The smallest absolute Gasteiger partial charge is 0.0964 e. The topological polar surface area (TPSA) is 0 Å². The lowest BCUT2D eigenvalue weighted by molar-refractivity contribution is 1.15. The van der Waals surface area contributed by atoms with E-state index in [9.17, 15) is 0 Å². The van der Waals surface area contributed by atoms with Crippen LogP contribution in [0.25, 0.3) is 68.3 Å². The predicted octanol–water partition coefficient (Wildman–Crippen LogP) is 16.9. The second-order valence-corrected chi connectivity index (χ2v) is 21.2. The van der Waals surface area contributed by atoms with Crippen molar-refractivity contribution in [3.63, 3.8) is 0 Å². The monoisotopic (exact) mass is 810 g/mol. The van der Waals surface area contributed by atoms with E-state index in [1.807, 2.05) is 68.0 Å². The van der Waals surface area contributed by atoms with Gasteiger partial charge in [-0.2, -0.15) is 0 Å². The zero-order valence-electron chi connectivity index (χ0n) is 26.4. The van der Waals surface area contributed by atoms with E-state index in [0.29, 0.717) is 0 Å². The van der Waals surface area contributed by atoms with Gasteiger partial charge < -0.3 is 0 Å². The van der Waals surface area contributed by atoms with Crippen LogP contribution < -0.4 is 0 Å². The molecule has 0 aliphatic carbocycles. The average Bonchev–Trinajstić information content (AvgIpc) is 3.91. The van der Waals surface area contributed by atoms with Crippen molar-refractivity contribution in [2.24, 2.45) is 0 Å². The highest BCUT2D eigenvalue weighted by Crippen LogP contribution is 2.50. The molecule has 10 heteroatoms. The molecule has 0 amide bonds. The lowest BCUT2D eigenvalue weighted by atomic mass is 10.1. The Kier molecular flexibility index (Phi) is 9.53. The van der Waals surface area contributed by atoms with Gasteiger partial charge in [-0.3, -0.25) is 0 Å². The Morgan fingerprint density at radius 2 is 0.812 bits per heavy atom. The van der Waals surface area contributed by atoms with Gasteiger partial charge in [-0.15, -0.1) is 90.7 Å². The molecule has 0 aromatic carbocycles. The highest BCUT2D eigenvalue weighted by molar-refractivity contribution is 7.32. The van der Waals surface area contributed by atoms with Gasteiger partial charge in [-0.25, -0.2) is 0 Å². The van der Waals surface area contributed by atoms with Crippen molar-refractivity contribution in [3.8, 4) is 68.3 Å². The summed E-state index contributed by atoms with van der Waals surface area (Å²) in [7, 11) is 0. The minimum Gasteiger partial charge on any atom is -0.134 e. The molecule has 0 N–H and O–H groups in total. The highest BCUT2D eigenvalue weighted by Gasteiger charge is 2.20. The number of thiophene rings is 8. The Hall–Kier alpha value is -1.82. The molecule has 0 saturated heterocycles. The van der Waals surface area contributed by atoms with Crippen LogP contribution in [0.3, 0.4) is 0 Å². The van der Waals surface area contributed by atoms with Crippen molar-refractivity contribution < 1.29 is 0 Å². The van der Waals surface area contributed by atoms with Crippen LogP contribution in [0.2, 0.25) is 8.67 Å². The van der Waals surface area contributed by atoms with Gasteiger partial charge in [-0.05, 0) is 122 Å². The van der Waals surface area contributed by atoms with Gasteiger partial charge in [0.25, 0.3) is 0 Å². The van der Waals surface area contributed by atoms with E-state index < -0.39 is 0 Å². The summed E-state index contributed by atoms with van der Waals surface area (Å²) in [6.45, 7) is 8.78. The average molecular weight is 812 g/mol. The summed E-state index contributed by atoms with van der Waals surface area (Å²) in [5, 5.41) is 0. The first-order chi connectivity index (χ1) is 23.3. The van der Waals surface area contributed by atoms with Crippen molar-refractivity contribution in [3.05, 3.63) is 104 Å². The third kappa shape index (κ3) is 6.32. The molecule has 0 fully saturated rings. The number of rotatable bonds is 9. The number of aryl methyl sites for hydroxylation is 4. The molecule has 0 spiro atoms. The van der Waals surface area contributed by atoms with E-state index in [1.165, 1.54) is 85.0 Å². The maximum absolute atomic E-state index is 6.37. The Labute approximate surface area is 323 Å². The zero-order chi connectivity index (χ0) is 33.1. The van der Waals surface area contributed by atoms with Gasteiger partial charge in [0.1, 0.15) is 0 Å². The van der Waals surface area contributed by atoms with E-state index in [2.05, 4.69) is 100 Å². The molecule has 8 aromatic rings. The van der Waals surface area contributed by atoms with E-state index in [1.54, 1.807) is 22.7 Å². The fraction of sp³-hybridized carbons (Fsp3) is 0.158. The summed E-state index contributed by atoms with van der Waals surface area (Å²) in [6, 6.07) is 27.3. The van der Waals surface area contributed by atoms with Crippen molar-refractivity contribution in [2.45, 2.75) is 40.5 Å². The van der Waals surface area contributed by atoms with E-state index >= 15 is 0 Å². The highest BCUT2D eigenvalue weighted by atomic mass is 35.5. The van der Waals surface area contributed by atoms with Crippen LogP contribution in [-0.4, -0.2) is 0 Å². The number of hydrogen-bond acceptors (Lipinski definition) is 8. The summed E-state index contributed by atoms with van der Waals surface area (Å²) < 4.78 is 1.73. The number of hydrogen-bond donors (Lipinski definition) is 0. The molecule has 0 saturated carbocycles. The molecule has 0 nitrogen and oxygen atoms in total. The molecule has 242 valence electrons. The molecule has 8 rings (SSSR count). The quantitative estimate of drug-likeness (QED) is 0.136. The first-order valence-electron chi connectivity index (χ1n) is 15.5. The van der Waals surface area contributed by atoms with Gasteiger partial charge in [0.2, 0.25) is 0 Å². The van der Waals surface area contributed by atoms with Crippen LogP contribution in [0.4, 0.5) is 0 Å². The molecule has 0 unspecified atom stereocenters. The van der Waals surface area contributed by atoms with E-state index in [0.717, 1.165) is 27.1 Å². The summed E-state index contributed by atoms with van der Waals surface area (Å²) in [5.41, 5.74) is 5.27. The third-order valence-electron chi connectivity index (χ3n) is 8.19. The first kappa shape index (κ1) is 33.3. The van der Waals surface area contributed by atoms with Crippen LogP contribution in [0.15, 0.2) is 72.8 Å². The summed E-state index contributed by atoms with van der Waals surface area (Å²) in [5.74, 6) is 0. The lowest BCUT2D eigenvalue weighted by Gasteiger charge is -1.97. The second-order valence-electron chi connectivity index (χ2n) is 11.4. The zero-order valence-corrected chi connectivity index (χ0v) is 34.4. The van der Waals surface area contributed by atoms with Crippen molar-refractivity contribution >= 4 is 114 Å². The van der Waals surface area contributed by atoms with Crippen LogP contribution >= 0.6 is 114 Å². The fourth-order valence-corrected chi connectivity index (χ4v) is 15.5. The summed E-state index contributed by atoms with van der Waals surface area (Å²) >= 11 is 27.4. The molecular weight excluding hydrogens is 784 g/mol. The standard InChI is InChI=1S/C38H28Cl2S8/c1-5-21-17-32(28-10-8-23(42-28)25-11-13-29(43-25)35-19(3)16-34(39)48-35)45-37(21)33-18-22(6-2)36(46-33)30-14-12-26(44-30)24-7-9-27(41-24)31-15-20(4)38(40)47-31/h7-18H,5-6H2,1-4H3. The van der Waals surface area contributed by atoms with Crippen LogP contribution in [0.1, 0.15) is 36.1 Å². The molecule has 0 aliphatic heterocycles. The maximum Gasteiger partial charge on any atom is 0.0964 e. The fourth-order valence-electron chi connectivity index (χ4n) is 5.69. The molecule has 0 atom stereocenters. The molecular formula is C38H28Cl2S8. The van der Waals surface area contributed by atoms with Crippen LogP contribution in [-0.2, 0) is 12.8 Å². The van der Waals surface area contributed by atoms with E-state index in [4.69, 9.17) is 23.2 Å². The largest absolute Gasteiger partial charge is 0.134 e. The van der Waals surface area contributed by atoms with E-state index in [-0.39, 0.29) is 0 Å². The molecule has 48 heavy (non-hydrogen) atoms.